The van der Waals surface area contributed by atoms with Crippen LogP contribution < -0.4 is 0 Å². The number of nitrogens with zero attached hydrogens (tertiary/aromatic N) is 2. The molecule has 2 aliphatic heterocycles. The molecular formula is C17H22N2O6S. The van der Waals surface area contributed by atoms with Gasteiger partial charge < -0.3 is 14.7 Å². The number of carbonyl (C=O) groups is 2. The summed E-state index contributed by atoms with van der Waals surface area (Å²) in [7, 11) is -3.60. The second kappa shape index (κ2) is 6.98. The number of ether oxygens (including phenoxy) is 1. The standard InChI is InChI=1S/C17H22N2O6S/c1-17(16(21)22)6-7-18(12-17)15(20)13-2-4-14(5-3-13)26(23,24)19-8-10-25-11-9-19/h2-5H,6-12H2,1H3,(H,21,22). The zero-order chi connectivity index (χ0) is 18.9. The van der Waals surface area contributed by atoms with Crippen LogP contribution in [0.3, 0.4) is 0 Å². The van der Waals surface area contributed by atoms with E-state index in [2.05, 4.69) is 0 Å². The van der Waals surface area contributed by atoms with E-state index < -0.39 is 21.4 Å². The quantitative estimate of drug-likeness (QED) is 0.820. The molecule has 2 fully saturated rings. The van der Waals surface area contributed by atoms with E-state index in [4.69, 9.17) is 4.74 Å². The molecule has 2 aliphatic rings. The second-order valence-electron chi connectivity index (χ2n) is 6.88. The van der Waals surface area contributed by atoms with Crippen LogP contribution in [0.15, 0.2) is 29.2 Å². The summed E-state index contributed by atoms with van der Waals surface area (Å²) in [6.07, 6.45) is 0.400. The van der Waals surface area contributed by atoms with E-state index in [1.54, 1.807) is 6.92 Å². The minimum Gasteiger partial charge on any atom is -0.481 e. The SMILES string of the molecule is CC1(C(=O)O)CCN(C(=O)c2ccc(S(=O)(=O)N3CCOCC3)cc2)C1. The van der Waals surface area contributed by atoms with Crippen LogP contribution in [0.5, 0.6) is 0 Å². The lowest BCUT2D eigenvalue weighted by Crippen LogP contribution is -2.40. The fourth-order valence-corrected chi connectivity index (χ4v) is 4.61. The van der Waals surface area contributed by atoms with Gasteiger partial charge in [-0.2, -0.15) is 4.31 Å². The van der Waals surface area contributed by atoms with E-state index in [0.717, 1.165) is 0 Å². The molecule has 0 saturated carbocycles. The summed E-state index contributed by atoms with van der Waals surface area (Å²) in [5.74, 6) is -1.20. The molecule has 2 heterocycles. The van der Waals surface area contributed by atoms with Crippen molar-refractivity contribution in [1.29, 1.82) is 0 Å². The van der Waals surface area contributed by atoms with Crippen molar-refractivity contribution in [1.82, 2.24) is 9.21 Å². The van der Waals surface area contributed by atoms with Crippen molar-refractivity contribution in [2.45, 2.75) is 18.2 Å². The third-order valence-electron chi connectivity index (χ3n) is 4.99. The van der Waals surface area contributed by atoms with Crippen LogP contribution >= 0.6 is 0 Å². The van der Waals surface area contributed by atoms with Gasteiger partial charge in [-0.15, -0.1) is 0 Å². The molecule has 3 rings (SSSR count). The van der Waals surface area contributed by atoms with E-state index >= 15 is 0 Å². The topological polar surface area (TPSA) is 104 Å². The lowest BCUT2D eigenvalue weighted by Gasteiger charge is -2.26. The molecule has 1 atom stereocenters. The van der Waals surface area contributed by atoms with Crippen LogP contribution in [-0.2, 0) is 19.6 Å². The van der Waals surface area contributed by atoms with Crippen molar-refractivity contribution in [3.8, 4) is 0 Å². The number of carbonyl (C=O) groups excluding carboxylic acids is 1. The lowest BCUT2D eigenvalue weighted by atomic mass is 9.90. The Morgan fingerprint density at radius 3 is 2.27 bits per heavy atom. The normalized spacial score (nSPS) is 24.6. The number of aliphatic carboxylic acids is 1. The summed E-state index contributed by atoms with van der Waals surface area (Å²) in [6, 6.07) is 5.80. The Hall–Kier alpha value is -1.97. The Kier molecular flexibility index (Phi) is 5.05. The maximum absolute atomic E-state index is 12.6. The van der Waals surface area contributed by atoms with Gasteiger partial charge in [0, 0.05) is 31.7 Å². The maximum Gasteiger partial charge on any atom is 0.311 e. The predicted octanol–water partition coefficient (Wildman–Crippen LogP) is 0.644. The number of sulfonamides is 1. The van der Waals surface area contributed by atoms with E-state index in [-0.39, 0.29) is 17.3 Å². The van der Waals surface area contributed by atoms with E-state index in [9.17, 15) is 23.1 Å². The van der Waals surface area contributed by atoms with Crippen LogP contribution in [0, 0.1) is 5.41 Å². The van der Waals surface area contributed by atoms with Crippen LogP contribution in [0.25, 0.3) is 0 Å². The number of likely N-dealkylation sites (tertiary alicyclic amines) is 1. The number of carboxylic acid groups (broad SMARTS) is 1. The Morgan fingerprint density at radius 2 is 1.73 bits per heavy atom. The highest BCUT2D eigenvalue weighted by Gasteiger charge is 2.42. The molecule has 26 heavy (non-hydrogen) atoms. The van der Waals surface area contributed by atoms with Crippen molar-refractivity contribution < 1.29 is 27.9 Å². The summed E-state index contributed by atoms with van der Waals surface area (Å²) in [5.41, 5.74) is -0.587. The number of carboxylic acids is 1. The average Bonchev–Trinajstić information content (AvgIpc) is 3.06. The van der Waals surface area contributed by atoms with Gasteiger partial charge in [-0.05, 0) is 37.6 Å². The second-order valence-corrected chi connectivity index (χ2v) is 8.82. The highest BCUT2D eigenvalue weighted by atomic mass is 32.2. The number of hydrogen-bond acceptors (Lipinski definition) is 5. The van der Waals surface area contributed by atoms with Crippen LogP contribution in [0.4, 0.5) is 0 Å². The number of hydrogen-bond donors (Lipinski definition) is 1. The van der Waals surface area contributed by atoms with Gasteiger partial charge >= 0.3 is 5.97 Å². The number of rotatable bonds is 4. The minimum absolute atomic E-state index is 0.132. The van der Waals surface area contributed by atoms with Gasteiger partial charge in [-0.3, -0.25) is 9.59 Å². The molecule has 0 aliphatic carbocycles. The molecule has 1 amide bonds. The highest BCUT2D eigenvalue weighted by Crippen LogP contribution is 2.31. The summed E-state index contributed by atoms with van der Waals surface area (Å²) in [4.78, 5) is 25.5. The summed E-state index contributed by atoms with van der Waals surface area (Å²) < 4.78 is 31.7. The predicted molar refractivity (Wildman–Crippen MR) is 92.3 cm³/mol. The number of morpholine rings is 1. The first kappa shape index (κ1) is 18.8. The van der Waals surface area contributed by atoms with Crippen LogP contribution in [-0.4, -0.2) is 74.0 Å². The van der Waals surface area contributed by atoms with Crippen LogP contribution in [0.2, 0.25) is 0 Å². The first-order chi connectivity index (χ1) is 12.2. The Balaban J connectivity index is 1.73. The Labute approximate surface area is 152 Å². The zero-order valence-electron chi connectivity index (χ0n) is 14.6. The van der Waals surface area contributed by atoms with Gasteiger partial charge in [0.15, 0.2) is 0 Å². The third-order valence-corrected chi connectivity index (χ3v) is 6.90. The molecule has 9 heteroatoms. The van der Waals surface area contributed by atoms with E-state index in [1.807, 2.05) is 0 Å². The van der Waals surface area contributed by atoms with Gasteiger partial charge in [0.05, 0.1) is 23.5 Å². The van der Waals surface area contributed by atoms with Gasteiger partial charge in [-0.25, -0.2) is 8.42 Å². The average molecular weight is 382 g/mol. The molecule has 0 spiro atoms. The molecule has 142 valence electrons. The van der Waals surface area contributed by atoms with Gasteiger partial charge in [0.25, 0.3) is 5.91 Å². The molecule has 8 nitrogen and oxygen atoms in total. The molecular weight excluding hydrogens is 360 g/mol. The first-order valence-corrected chi connectivity index (χ1v) is 9.89. The lowest BCUT2D eigenvalue weighted by molar-refractivity contribution is -0.147. The largest absolute Gasteiger partial charge is 0.481 e. The Morgan fingerprint density at radius 1 is 1.12 bits per heavy atom. The molecule has 0 bridgehead atoms. The maximum atomic E-state index is 12.6. The van der Waals surface area contributed by atoms with Gasteiger partial charge in [0.2, 0.25) is 10.0 Å². The van der Waals surface area contributed by atoms with Gasteiger partial charge in [0.1, 0.15) is 0 Å². The number of amides is 1. The van der Waals surface area contributed by atoms with Crippen molar-refractivity contribution in [2.24, 2.45) is 5.41 Å². The van der Waals surface area contributed by atoms with Crippen molar-refractivity contribution >= 4 is 21.9 Å². The van der Waals surface area contributed by atoms with Crippen LogP contribution in [0.1, 0.15) is 23.7 Å². The van der Waals surface area contributed by atoms with Gasteiger partial charge in [-0.1, -0.05) is 0 Å². The summed E-state index contributed by atoms with van der Waals surface area (Å²) in [5, 5.41) is 9.27. The smallest absolute Gasteiger partial charge is 0.311 e. The van der Waals surface area contributed by atoms with E-state index in [1.165, 1.54) is 33.5 Å². The third kappa shape index (κ3) is 3.46. The molecule has 1 aromatic rings. The molecule has 1 unspecified atom stereocenters. The van der Waals surface area contributed by atoms with E-state index in [0.29, 0.717) is 44.8 Å². The summed E-state index contributed by atoms with van der Waals surface area (Å²) in [6.45, 7) is 3.50. The molecule has 1 N–H and O–H groups in total. The summed E-state index contributed by atoms with van der Waals surface area (Å²) >= 11 is 0. The fraction of sp³-hybridized carbons (Fsp3) is 0.529. The number of benzene rings is 1. The molecule has 0 aromatic heterocycles. The highest BCUT2D eigenvalue weighted by molar-refractivity contribution is 7.89. The fourth-order valence-electron chi connectivity index (χ4n) is 3.20. The zero-order valence-corrected chi connectivity index (χ0v) is 15.4. The Bertz CT molecular complexity index is 801. The van der Waals surface area contributed by atoms with Crippen molar-refractivity contribution in [3.05, 3.63) is 29.8 Å². The molecule has 0 radical (unpaired) electrons. The van der Waals surface area contributed by atoms with Crippen molar-refractivity contribution in [2.75, 3.05) is 39.4 Å². The van der Waals surface area contributed by atoms with Crippen molar-refractivity contribution in [3.63, 3.8) is 0 Å². The monoisotopic (exact) mass is 382 g/mol. The molecule has 2 saturated heterocycles. The molecule has 1 aromatic carbocycles. The first-order valence-electron chi connectivity index (χ1n) is 8.45. The minimum atomic E-state index is -3.60.